The first-order chi connectivity index (χ1) is 20.4. The summed E-state index contributed by atoms with van der Waals surface area (Å²) < 4.78 is 0. The molecule has 0 heterocycles. The van der Waals surface area contributed by atoms with E-state index in [1.807, 2.05) is 48.5 Å². The second kappa shape index (κ2) is 12.6. The fourth-order valence-electron chi connectivity index (χ4n) is 5.50. The first-order valence-electron chi connectivity index (χ1n) is 13.2. The van der Waals surface area contributed by atoms with Crippen LogP contribution in [0.2, 0.25) is 0 Å². The van der Waals surface area contributed by atoms with Gasteiger partial charge in [0.2, 0.25) is 11.8 Å². The van der Waals surface area contributed by atoms with Gasteiger partial charge in [0.1, 0.15) is 12.1 Å². The quantitative estimate of drug-likeness (QED) is 0.172. The number of carbonyl (C=O) groups is 6. The number of hydrogen-bond donors (Lipinski definition) is 6. The predicted molar refractivity (Wildman–Crippen MR) is 151 cm³/mol. The molecule has 0 fully saturated rings. The fourth-order valence-corrected chi connectivity index (χ4v) is 5.50. The van der Waals surface area contributed by atoms with Gasteiger partial charge in [0, 0.05) is 18.3 Å². The third kappa shape index (κ3) is 6.70. The molecule has 0 bridgehead atoms. The Bertz CT molecular complexity index is 1550. The van der Waals surface area contributed by atoms with Crippen molar-refractivity contribution in [2.24, 2.45) is 0 Å². The number of carboxylic acids is 4. The van der Waals surface area contributed by atoms with Crippen LogP contribution >= 0.6 is 0 Å². The predicted octanol–water partition coefficient (Wildman–Crippen LogP) is 2.49. The van der Waals surface area contributed by atoms with Gasteiger partial charge in [-0.15, -0.1) is 0 Å². The lowest BCUT2D eigenvalue weighted by Crippen LogP contribution is -2.47. The van der Waals surface area contributed by atoms with Crippen molar-refractivity contribution in [1.29, 1.82) is 0 Å². The molecular weight excluding hydrogens is 560 g/mol. The van der Waals surface area contributed by atoms with E-state index in [0.717, 1.165) is 11.1 Å². The molecule has 0 saturated carbocycles. The number of benzene rings is 3. The smallest absolute Gasteiger partial charge is 0.326 e. The number of carboxylic acid groups (broad SMARTS) is 4. The zero-order valence-corrected chi connectivity index (χ0v) is 22.6. The molecule has 4 rings (SSSR count). The van der Waals surface area contributed by atoms with E-state index in [4.69, 9.17) is 10.2 Å². The highest BCUT2D eigenvalue weighted by Gasteiger charge is 2.47. The maximum atomic E-state index is 13.5. The molecule has 3 aromatic rings. The highest BCUT2D eigenvalue weighted by atomic mass is 16.4. The summed E-state index contributed by atoms with van der Waals surface area (Å²) in [5.41, 5.74) is 2.59. The van der Waals surface area contributed by atoms with Crippen molar-refractivity contribution in [2.75, 3.05) is 0 Å². The van der Waals surface area contributed by atoms with Crippen LogP contribution in [0, 0.1) is 0 Å². The average molecular weight is 589 g/mol. The van der Waals surface area contributed by atoms with Crippen LogP contribution in [0.15, 0.2) is 72.8 Å². The lowest BCUT2D eigenvalue weighted by Gasteiger charge is -2.32. The van der Waals surface area contributed by atoms with Gasteiger partial charge in [-0.2, -0.15) is 0 Å². The van der Waals surface area contributed by atoms with E-state index in [-0.39, 0.29) is 0 Å². The zero-order chi connectivity index (χ0) is 31.3. The third-order valence-corrected chi connectivity index (χ3v) is 7.32. The molecule has 1 aliphatic rings. The molecule has 0 aromatic heterocycles. The Hall–Kier alpha value is -5.52. The van der Waals surface area contributed by atoms with Crippen LogP contribution in [-0.2, 0) is 34.2 Å². The average Bonchev–Trinajstić information content (AvgIpc) is 3.20. The molecule has 0 radical (unpaired) electrons. The molecule has 222 valence electrons. The fraction of sp³-hybridized carbons (Fsp3) is 0.226. The van der Waals surface area contributed by atoms with Crippen LogP contribution in [0.4, 0.5) is 0 Å². The SMILES string of the molecule is O=C(O)CC(NC(=O)CC1(CC(=O)NC(CC(=O)O)C(=O)O)c2ccccc2-c2ccc(-c3ccccc3)cc21)C(=O)O. The van der Waals surface area contributed by atoms with Crippen LogP contribution in [0.25, 0.3) is 22.3 Å². The van der Waals surface area contributed by atoms with Crippen molar-refractivity contribution in [2.45, 2.75) is 43.2 Å². The van der Waals surface area contributed by atoms with Crippen LogP contribution in [-0.4, -0.2) is 68.2 Å². The Labute approximate surface area is 245 Å². The summed E-state index contributed by atoms with van der Waals surface area (Å²) in [6.45, 7) is 0. The molecular formula is C31H28N2O10. The first-order valence-corrected chi connectivity index (χ1v) is 13.2. The van der Waals surface area contributed by atoms with Crippen molar-refractivity contribution in [3.05, 3.63) is 83.9 Å². The third-order valence-electron chi connectivity index (χ3n) is 7.32. The van der Waals surface area contributed by atoms with Gasteiger partial charge in [0.15, 0.2) is 0 Å². The van der Waals surface area contributed by atoms with Crippen LogP contribution in [0.3, 0.4) is 0 Å². The number of nitrogens with one attached hydrogen (secondary N) is 2. The lowest BCUT2D eigenvalue weighted by atomic mass is 9.71. The Morgan fingerprint density at radius 1 is 0.581 bits per heavy atom. The van der Waals surface area contributed by atoms with Gasteiger partial charge in [0.05, 0.1) is 12.8 Å². The molecule has 2 amide bonds. The number of amides is 2. The molecule has 0 spiro atoms. The van der Waals surface area contributed by atoms with Crippen molar-refractivity contribution < 1.29 is 49.2 Å². The summed E-state index contributed by atoms with van der Waals surface area (Å²) in [6.07, 6.45) is -2.75. The number of aliphatic carboxylic acids is 4. The Morgan fingerprint density at radius 2 is 1.07 bits per heavy atom. The highest BCUT2D eigenvalue weighted by Crippen LogP contribution is 2.53. The summed E-state index contributed by atoms with van der Waals surface area (Å²) in [4.78, 5) is 72.8. The monoisotopic (exact) mass is 588 g/mol. The second-order valence-electron chi connectivity index (χ2n) is 10.2. The number of fused-ring (bicyclic) bond motifs is 3. The molecule has 0 aliphatic heterocycles. The van der Waals surface area contributed by atoms with Crippen molar-refractivity contribution in [1.82, 2.24) is 10.6 Å². The summed E-state index contributed by atoms with van der Waals surface area (Å²) in [6, 6.07) is 18.3. The highest BCUT2D eigenvalue weighted by molar-refractivity contribution is 5.94. The molecule has 12 heteroatoms. The van der Waals surface area contributed by atoms with E-state index < -0.39 is 78.9 Å². The van der Waals surface area contributed by atoms with E-state index in [0.29, 0.717) is 22.3 Å². The van der Waals surface area contributed by atoms with Gasteiger partial charge in [0.25, 0.3) is 0 Å². The minimum atomic E-state index is -1.74. The van der Waals surface area contributed by atoms with Crippen LogP contribution in [0.5, 0.6) is 0 Å². The van der Waals surface area contributed by atoms with E-state index in [2.05, 4.69) is 10.6 Å². The van der Waals surface area contributed by atoms with Gasteiger partial charge in [-0.3, -0.25) is 19.2 Å². The molecule has 3 aromatic carbocycles. The van der Waals surface area contributed by atoms with Crippen molar-refractivity contribution in [3.8, 4) is 22.3 Å². The molecule has 1 aliphatic carbocycles. The summed E-state index contributed by atoms with van der Waals surface area (Å²) in [5, 5.41) is 41.7. The number of hydrogen-bond acceptors (Lipinski definition) is 6. The van der Waals surface area contributed by atoms with Gasteiger partial charge in [-0.05, 0) is 39.4 Å². The molecule has 2 unspecified atom stereocenters. The van der Waals surface area contributed by atoms with Gasteiger partial charge < -0.3 is 31.1 Å². The standard InChI is InChI=1S/C31H28N2O10/c34-25(32-23(29(40)41)13-27(36)37)15-31(16-26(35)33-24(30(42)43)14-28(38)39)21-9-5-4-8-19(21)20-11-10-18(12-22(20)31)17-6-2-1-3-7-17/h1-12,23-24H,13-16H2,(H,32,34)(H,33,35)(H,36,37)(H,38,39)(H,40,41)(H,42,43). The van der Waals surface area contributed by atoms with Crippen LogP contribution < -0.4 is 10.6 Å². The van der Waals surface area contributed by atoms with E-state index in [1.165, 1.54) is 0 Å². The van der Waals surface area contributed by atoms with Crippen LogP contribution in [0.1, 0.15) is 36.8 Å². The molecule has 6 N–H and O–H groups in total. The maximum absolute atomic E-state index is 13.5. The minimum Gasteiger partial charge on any atom is -0.481 e. The molecule has 2 atom stereocenters. The number of carbonyl (C=O) groups excluding carboxylic acids is 2. The van der Waals surface area contributed by atoms with Gasteiger partial charge in [-0.1, -0.05) is 66.7 Å². The molecule has 12 nitrogen and oxygen atoms in total. The Kier molecular flexibility index (Phi) is 8.89. The second-order valence-corrected chi connectivity index (χ2v) is 10.2. The molecule has 43 heavy (non-hydrogen) atoms. The lowest BCUT2D eigenvalue weighted by molar-refractivity contribution is -0.147. The number of rotatable bonds is 13. The Balaban J connectivity index is 1.83. The normalized spacial score (nSPS) is 16.2. The van der Waals surface area contributed by atoms with Crippen molar-refractivity contribution in [3.63, 3.8) is 0 Å². The van der Waals surface area contributed by atoms with E-state index in [9.17, 15) is 39.0 Å². The molecule has 0 saturated heterocycles. The van der Waals surface area contributed by atoms with Crippen molar-refractivity contribution >= 4 is 35.7 Å². The first kappa shape index (κ1) is 30.4. The van der Waals surface area contributed by atoms with Gasteiger partial charge >= 0.3 is 23.9 Å². The minimum absolute atomic E-state index is 0.497. The summed E-state index contributed by atoms with van der Waals surface area (Å²) in [7, 11) is 0. The summed E-state index contributed by atoms with van der Waals surface area (Å²) >= 11 is 0. The largest absolute Gasteiger partial charge is 0.481 e. The summed E-state index contributed by atoms with van der Waals surface area (Å²) in [5.74, 6) is -7.70. The Morgan fingerprint density at radius 3 is 1.58 bits per heavy atom. The van der Waals surface area contributed by atoms with E-state index in [1.54, 1.807) is 24.3 Å². The zero-order valence-electron chi connectivity index (χ0n) is 22.6. The van der Waals surface area contributed by atoms with E-state index >= 15 is 0 Å². The van der Waals surface area contributed by atoms with Gasteiger partial charge in [-0.25, -0.2) is 9.59 Å². The maximum Gasteiger partial charge on any atom is 0.326 e. The topological polar surface area (TPSA) is 207 Å².